The molecule has 0 radical (unpaired) electrons. The van der Waals surface area contributed by atoms with Crippen LogP contribution in [0.2, 0.25) is 0 Å². The lowest BCUT2D eigenvalue weighted by atomic mass is 10.1. The van der Waals surface area contributed by atoms with Crippen molar-refractivity contribution in [1.29, 1.82) is 0 Å². The normalized spacial score (nSPS) is 14.7. The van der Waals surface area contributed by atoms with Crippen LogP contribution in [0, 0.1) is 0 Å². The van der Waals surface area contributed by atoms with Gasteiger partial charge in [-0.25, -0.2) is 4.79 Å². The van der Waals surface area contributed by atoms with Gasteiger partial charge in [-0.3, -0.25) is 4.79 Å². The molecule has 0 bridgehead atoms. The van der Waals surface area contributed by atoms with Gasteiger partial charge in [-0.1, -0.05) is 19.0 Å². The predicted molar refractivity (Wildman–Crippen MR) is 94.2 cm³/mol. The van der Waals surface area contributed by atoms with Crippen molar-refractivity contribution in [2.45, 2.75) is 19.8 Å². The standard InChI is InChI=1S/C17H21N5O4/c1-10(2)15-19-16(26-20-15)11-3-4-13(12(9-11)14(18)23)21-5-7-22(8-6-21)17(24)25/h3-4,9-10H,5-8H2,1-2H3,(H2,18,23)(H,24,25). The molecule has 2 amide bonds. The lowest BCUT2D eigenvalue weighted by molar-refractivity contribution is 0.1000. The number of hydrogen-bond acceptors (Lipinski definition) is 6. The fourth-order valence-electron chi connectivity index (χ4n) is 2.87. The Kier molecular flexibility index (Phi) is 4.79. The van der Waals surface area contributed by atoms with E-state index < -0.39 is 12.0 Å². The molecule has 2 heterocycles. The maximum absolute atomic E-state index is 12.0. The summed E-state index contributed by atoms with van der Waals surface area (Å²) in [5.74, 6) is 0.493. The SMILES string of the molecule is CC(C)c1noc(-c2ccc(N3CCN(C(=O)O)CC3)c(C(N)=O)c2)n1. The van der Waals surface area contributed by atoms with E-state index in [-0.39, 0.29) is 5.92 Å². The largest absolute Gasteiger partial charge is 0.465 e. The summed E-state index contributed by atoms with van der Waals surface area (Å²) >= 11 is 0. The first-order chi connectivity index (χ1) is 12.4. The molecule has 138 valence electrons. The molecular formula is C17H21N5O4. The molecule has 9 nitrogen and oxygen atoms in total. The fraction of sp³-hybridized carbons (Fsp3) is 0.412. The first-order valence-corrected chi connectivity index (χ1v) is 8.37. The summed E-state index contributed by atoms with van der Waals surface area (Å²) in [4.78, 5) is 30.6. The molecule has 0 saturated carbocycles. The number of carbonyl (C=O) groups is 2. The average molecular weight is 359 g/mol. The number of piperazine rings is 1. The number of primary amides is 1. The van der Waals surface area contributed by atoms with Crippen LogP contribution < -0.4 is 10.6 Å². The summed E-state index contributed by atoms with van der Waals surface area (Å²) in [5.41, 5.74) is 7.20. The van der Waals surface area contributed by atoms with Gasteiger partial charge in [0.15, 0.2) is 5.82 Å². The summed E-state index contributed by atoms with van der Waals surface area (Å²) < 4.78 is 5.27. The van der Waals surface area contributed by atoms with Gasteiger partial charge in [0.25, 0.3) is 11.8 Å². The molecule has 3 rings (SSSR count). The van der Waals surface area contributed by atoms with Gasteiger partial charge in [0.05, 0.1) is 5.56 Å². The molecule has 1 aliphatic rings. The Balaban J connectivity index is 1.88. The van der Waals surface area contributed by atoms with E-state index in [1.807, 2.05) is 18.7 Å². The summed E-state index contributed by atoms with van der Waals surface area (Å²) in [6.07, 6.45) is -0.938. The Morgan fingerprint density at radius 1 is 1.23 bits per heavy atom. The highest BCUT2D eigenvalue weighted by Crippen LogP contribution is 2.28. The number of anilines is 1. The molecule has 0 unspecified atom stereocenters. The van der Waals surface area contributed by atoms with Crippen LogP contribution in [0.1, 0.15) is 35.9 Å². The number of carboxylic acid groups (broad SMARTS) is 1. The van der Waals surface area contributed by atoms with Crippen molar-refractivity contribution < 1.29 is 19.2 Å². The second-order valence-electron chi connectivity index (χ2n) is 6.47. The zero-order valence-electron chi connectivity index (χ0n) is 14.7. The topological polar surface area (TPSA) is 126 Å². The van der Waals surface area contributed by atoms with Crippen LogP contribution in [0.3, 0.4) is 0 Å². The van der Waals surface area contributed by atoms with Crippen molar-refractivity contribution in [2.75, 3.05) is 31.1 Å². The summed E-state index contributed by atoms with van der Waals surface area (Å²) in [6.45, 7) is 5.65. The molecule has 1 saturated heterocycles. The maximum atomic E-state index is 12.0. The second kappa shape index (κ2) is 7.03. The van der Waals surface area contributed by atoms with Gasteiger partial charge in [-0.2, -0.15) is 4.98 Å². The smallest absolute Gasteiger partial charge is 0.407 e. The molecule has 9 heteroatoms. The second-order valence-corrected chi connectivity index (χ2v) is 6.47. The van der Waals surface area contributed by atoms with Gasteiger partial charge in [0, 0.05) is 43.3 Å². The quantitative estimate of drug-likeness (QED) is 0.851. The molecule has 0 spiro atoms. The van der Waals surface area contributed by atoms with Crippen molar-refractivity contribution in [2.24, 2.45) is 5.73 Å². The number of benzene rings is 1. The zero-order chi connectivity index (χ0) is 18.8. The van der Waals surface area contributed by atoms with Gasteiger partial charge in [0.1, 0.15) is 0 Å². The minimum absolute atomic E-state index is 0.132. The molecule has 0 aliphatic carbocycles. The molecule has 1 aliphatic heterocycles. The summed E-state index contributed by atoms with van der Waals surface area (Å²) in [5, 5.41) is 13.0. The Morgan fingerprint density at radius 2 is 1.92 bits per heavy atom. The lowest BCUT2D eigenvalue weighted by Crippen LogP contribution is -2.48. The maximum Gasteiger partial charge on any atom is 0.407 e. The summed E-state index contributed by atoms with van der Waals surface area (Å²) in [7, 11) is 0. The zero-order valence-corrected chi connectivity index (χ0v) is 14.7. The Labute approximate surface area is 150 Å². The number of rotatable bonds is 4. The summed E-state index contributed by atoms with van der Waals surface area (Å²) in [6, 6.07) is 5.22. The van der Waals surface area contributed by atoms with Crippen LogP contribution in [-0.2, 0) is 0 Å². The van der Waals surface area contributed by atoms with Crippen LogP contribution >= 0.6 is 0 Å². The molecule has 1 fully saturated rings. The van der Waals surface area contributed by atoms with E-state index in [0.29, 0.717) is 54.7 Å². The molecule has 1 aromatic heterocycles. The van der Waals surface area contributed by atoms with E-state index >= 15 is 0 Å². The molecule has 0 atom stereocenters. The minimum Gasteiger partial charge on any atom is -0.465 e. The van der Waals surface area contributed by atoms with Gasteiger partial charge in [-0.05, 0) is 18.2 Å². The number of amides is 2. The molecule has 2 aromatic rings. The first-order valence-electron chi connectivity index (χ1n) is 8.37. The van der Waals surface area contributed by atoms with Gasteiger partial charge in [0.2, 0.25) is 0 Å². The highest BCUT2D eigenvalue weighted by molar-refractivity contribution is 5.99. The van der Waals surface area contributed by atoms with Crippen LogP contribution in [-0.4, -0.2) is 58.3 Å². The van der Waals surface area contributed by atoms with Crippen molar-refractivity contribution in [3.8, 4) is 11.5 Å². The van der Waals surface area contributed by atoms with Crippen LogP contribution in [0.4, 0.5) is 10.5 Å². The van der Waals surface area contributed by atoms with Gasteiger partial charge in [-0.15, -0.1) is 0 Å². The van der Waals surface area contributed by atoms with Crippen molar-refractivity contribution in [1.82, 2.24) is 15.0 Å². The molecular weight excluding hydrogens is 338 g/mol. The fourth-order valence-corrected chi connectivity index (χ4v) is 2.87. The van der Waals surface area contributed by atoms with Crippen molar-refractivity contribution >= 4 is 17.7 Å². The third kappa shape index (κ3) is 3.46. The number of carbonyl (C=O) groups excluding carboxylic acids is 1. The van der Waals surface area contributed by atoms with E-state index in [2.05, 4.69) is 10.1 Å². The average Bonchev–Trinajstić information content (AvgIpc) is 3.11. The lowest BCUT2D eigenvalue weighted by Gasteiger charge is -2.35. The van der Waals surface area contributed by atoms with E-state index in [0.717, 1.165) is 0 Å². The Morgan fingerprint density at radius 3 is 2.46 bits per heavy atom. The van der Waals surface area contributed by atoms with Crippen molar-refractivity contribution in [3.63, 3.8) is 0 Å². The minimum atomic E-state index is -0.938. The van der Waals surface area contributed by atoms with Crippen molar-refractivity contribution in [3.05, 3.63) is 29.6 Å². The highest BCUT2D eigenvalue weighted by Gasteiger charge is 2.24. The molecule has 1 aromatic carbocycles. The Hall–Kier alpha value is -3.10. The predicted octanol–water partition coefficient (Wildman–Crippen LogP) is 1.76. The highest BCUT2D eigenvalue weighted by atomic mass is 16.5. The van der Waals surface area contributed by atoms with Crippen LogP contribution in [0.15, 0.2) is 22.7 Å². The molecule has 26 heavy (non-hydrogen) atoms. The van der Waals surface area contributed by atoms with E-state index in [9.17, 15) is 9.59 Å². The van der Waals surface area contributed by atoms with Crippen LogP contribution in [0.5, 0.6) is 0 Å². The van der Waals surface area contributed by atoms with Crippen LogP contribution in [0.25, 0.3) is 11.5 Å². The molecule has 3 N–H and O–H groups in total. The number of aromatic nitrogens is 2. The van der Waals surface area contributed by atoms with Gasteiger partial charge >= 0.3 is 6.09 Å². The van der Waals surface area contributed by atoms with E-state index in [1.165, 1.54) is 4.90 Å². The monoisotopic (exact) mass is 359 g/mol. The van der Waals surface area contributed by atoms with Gasteiger partial charge < -0.3 is 25.2 Å². The third-order valence-corrected chi connectivity index (χ3v) is 4.36. The Bertz CT molecular complexity index is 824. The number of nitrogens with zero attached hydrogens (tertiary/aromatic N) is 4. The van der Waals surface area contributed by atoms with E-state index in [4.69, 9.17) is 15.4 Å². The van der Waals surface area contributed by atoms with E-state index in [1.54, 1.807) is 18.2 Å². The third-order valence-electron chi connectivity index (χ3n) is 4.36. The first kappa shape index (κ1) is 17.7. The number of hydrogen-bond donors (Lipinski definition) is 2. The number of nitrogens with two attached hydrogens (primary N) is 1.